The lowest BCUT2D eigenvalue weighted by Gasteiger charge is -1.83. The summed E-state index contributed by atoms with van der Waals surface area (Å²) in [6.45, 7) is 18.0. The van der Waals surface area contributed by atoms with Gasteiger partial charge in [-0.2, -0.15) is 0 Å². The van der Waals surface area contributed by atoms with Crippen LogP contribution in [0.2, 0.25) is 0 Å². The summed E-state index contributed by atoms with van der Waals surface area (Å²) < 4.78 is 4.17. The Balaban J connectivity index is -0.000000118. The first-order chi connectivity index (χ1) is 5.50. The quantitative estimate of drug-likeness (QED) is 0.343. The largest absolute Gasteiger partial charge is 0.435 e. The second-order valence-corrected chi connectivity index (χ2v) is 1.98. The predicted molar refractivity (Wildman–Crippen MR) is 53.7 cm³/mol. The molecule has 0 aliphatic carbocycles. The lowest BCUT2D eigenvalue weighted by molar-refractivity contribution is -0.135. The average Bonchev–Trinajstić information content (AvgIpc) is 1.90. The Morgan fingerprint density at radius 2 is 1.50 bits per heavy atom. The van der Waals surface area contributed by atoms with Crippen LogP contribution in [0.4, 0.5) is 0 Å². The first-order valence-corrected chi connectivity index (χ1v) is 3.41. The lowest BCUT2D eigenvalue weighted by Crippen LogP contribution is -1.87. The molecule has 0 fully saturated rings. The molecule has 0 amide bonds. The van der Waals surface area contributed by atoms with Gasteiger partial charge in [0.1, 0.15) is 0 Å². The van der Waals surface area contributed by atoms with Crippen LogP contribution in [0.5, 0.6) is 0 Å². The van der Waals surface area contributed by atoms with Gasteiger partial charge in [0.05, 0.1) is 6.26 Å². The first kappa shape index (κ1) is 17.0. The van der Waals surface area contributed by atoms with Crippen LogP contribution in [0.15, 0.2) is 38.2 Å². The summed E-state index contributed by atoms with van der Waals surface area (Å²) in [6.07, 6.45) is 1.10. The smallest absolute Gasteiger partial charge is 0.307 e. The van der Waals surface area contributed by atoms with E-state index in [1.54, 1.807) is 0 Å². The molecular formula is C10H18O2. The van der Waals surface area contributed by atoms with Crippen molar-refractivity contribution in [1.82, 2.24) is 0 Å². The molecule has 0 heterocycles. The fourth-order valence-corrected chi connectivity index (χ4v) is 0.117. The minimum Gasteiger partial charge on any atom is -0.435 e. The van der Waals surface area contributed by atoms with Crippen LogP contribution >= 0.6 is 0 Å². The minimum absolute atomic E-state index is 0.329. The summed E-state index contributed by atoms with van der Waals surface area (Å²) in [5.74, 6) is -0.329. The van der Waals surface area contributed by atoms with Gasteiger partial charge in [0, 0.05) is 6.92 Å². The van der Waals surface area contributed by atoms with E-state index in [9.17, 15) is 4.79 Å². The number of esters is 1. The normalized spacial score (nSPS) is 5.92. The van der Waals surface area contributed by atoms with E-state index in [0.29, 0.717) is 0 Å². The molecule has 0 bridgehead atoms. The molecule has 0 aliphatic rings. The minimum atomic E-state index is -0.329. The molecule has 70 valence electrons. The third-order valence-electron chi connectivity index (χ3n) is 0.249. The van der Waals surface area contributed by atoms with Crippen LogP contribution in [0.1, 0.15) is 20.8 Å². The second-order valence-electron chi connectivity index (χ2n) is 1.98. The maximum Gasteiger partial charge on any atom is 0.307 e. The van der Waals surface area contributed by atoms with Crippen molar-refractivity contribution < 1.29 is 9.53 Å². The Kier molecular flexibility index (Phi) is 23.1. The molecule has 12 heavy (non-hydrogen) atoms. The van der Waals surface area contributed by atoms with Gasteiger partial charge in [-0.25, -0.2) is 0 Å². The van der Waals surface area contributed by atoms with Crippen molar-refractivity contribution in [2.45, 2.75) is 20.8 Å². The van der Waals surface area contributed by atoms with Gasteiger partial charge < -0.3 is 4.74 Å². The van der Waals surface area contributed by atoms with E-state index >= 15 is 0 Å². The SMILES string of the molecule is C=C.C=C(C)C.C=COC(C)=O. The molecule has 0 N–H and O–H groups in total. The summed E-state index contributed by atoms with van der Waals surface area (Å²) >= 11 is 0. The van der Waals surface area contributed by atoms with Gasteiger partial charge in [0.2, 0.25) is 0 Å². The molecule has 0 saturated carbocycles. The molecule has 0 spiro atoms. The molecule has 0 aromatic rings. The molecule has 0 radical (unpaired) electrons. The molecule has 2 nitrogen and oxygen atoms in total. The third-order valence-corrected chi connectivity index (χ3v) is 0.249. The van der Waals surface area contributed by atoms with E-state index in [2.05, 4.69) is 31.1 Å². The van der Waals surface area contributed by atoms with Gasteiger partial charge in [0.25, 0.3) is 0 Å². The summed E-state index contributed by atoms with van der Waals surface area (Å²) in [5, 5.41) is 0. The van der Waals surface area contributed by atoms with E-state index in [-0.39, 0.29) is 5.97 Å². The zero-order chi connectivity index (χ0) is 10.6. The zero-order valence-corrected chi connectivity index (χ0v) is 8.22. The number of ether oxygens (including phenoxy) is 1. The Morgan fingerprint density at radius 1 is 1.25 bits per heavy atom. The molecule has 0 aromatic carbocycles. The van der Waals surface area contributed by atoms with E-state index in [1.807, 2.05) is 13.8 Å². The van der Waals surface area contributed by atoms with Crippen LogP contribution in [0, 0.1) is 0 Å². The highest BCUT2D eigenvalue weighted by molar-refractivity contribution is 5.66. The number of allylic oxidation sites excluding steroid dienone is 1. The Bertz CT molecular complexity index is 133. The summed E-state index contributed by atoms with van der Waals surface area (Å²) in [6, 6.07) is 0. The van der Waals surface area contributed by atoms with E-state index in [0.717, 1.165) is 6.26 Å². The molecular weight excluding hydrogens is 152 g/mol. The monoisotopic (exact) mass is 170 g/mol. The Morgan fingerprint density at radius 3 is 1.50 bits per heavy atom. The van der Waals surface area contributed by atoms with Gasteiger partial charge >= 0.3 is 5.97 Å². The van der Waals surface area contributed by atoms with Crippen LogP contribution in [0.3, 0.4) is 0 Å². The predicted octanol–water partition coefficient (Wildman–Crippen LogP) is 3.08. The van der Waals surface area contributed by atoms with E-state index in [4.69, 9.17) is 0 Å². The third kappa shape index (κ3) is 180. The van der Waals surface area contributed by atoms with Crippen LogP contribution in [-0.2, 0) is 9.53 Å². The number of hydrogen-bond donors (Lipinski definition) is 0. The standard InChI is InChI=1S/C4H6O2.C4H8.C2H4/c1-3-6-4(2)5;1-4(2)3;1-2/h3H,1H2,2H3;1H2,2-3H3;1-2H2. The summed E-state index contributed by atoms with van der Waals surface area (Å²) in [4.78, 5) is 9.75. The first-order valence-electron chi connectivity index (χ1n) is 3.41. The number of carbonyl (C=O) groups is 1. The highest BCUT2D eigenvalue weighted by atomic mass is 16.5. The van der Waals surface area contributed by atoms with Gasteiger partial charge in [-0.1, -0.05) is 12.2 Å². The zero-order valence-electron chi connectivity index (χ0n) is 8.22. The van der Waals surface area contributed by atoms with E-state index in [1.165, 1.54) is 12.5 Å². The van der Waals surface area contributed by atoms with Crippen molar-refractivity contribution >= 4 is 5.97 Å². The molecule has 0 aromatic heterocycles. The maximum absolute atomic E-state index is 9.75. The summed E-state index contributed by atoms with van der Waals surface area (Å²) in [7, 11) is 0. The van der Waals surface area contributed by atoms with Crippen molar-refractivity contribution in [3.63, 3.8) is 0 Å². The van der Waals surface area contributed by atoms with Crippen LogP contribution in [0.25, 0.3) is 0 Å². The van der Waals surface area contributed by atoms with Crippen molar-refractivity contribution in [2.24, 2.45) is 0 Å². The number of rotatable bonds is 1. The molecule has 0 saturated heterocycles. The maximum atomic E-state index is 9.75. The summed E-state index contributed by atoms with van der Waals surface area (Å²) in [5.41, 5.74) is 1.17. The highest BCUT2D eigenvalue weighted by Crippen LogP contribution is 1.73. The molecule has 0 aliphatic heterocycles. The van der Waals surface area contributed by atoms with Crippen molar-refractivity contribution in [3.05, 3.63) is 38.2 Å². The van der Waals surface area contributed by atoms with Crippen molar-refractivity contribution in [3.8, 4) is 0 Å². The average molecular weight is 170 g/mol. The number of hydrogen-bond acceptors (Lipinski definition) is 2. The van der Waals surface area contributed by atoms with Gasteiger partial charge in [-0.15, -0.1) is 19.7 Å². The van der Waals surface area contributed by atoms with Crippen molar-refractivity contribution in [1.29, 1.82) is 0 Å². The lowest BCUT2D eigenvalue weighted by atomic mass is 10.4. The van der Waals surface area contributed by atoms with Gasteiger partial charge in [-0.3, -0.25) is 4.79 Å². The molecule has 0 atom stereocenters. The van der Waals surface area contributed by atoms with Crippen LogP contribution < -0.4 is 0 Å². The topological polar surface area (TPSA) is 26.3 Å². The van der Waals surface area contributed by atoms with E-state index < -0.39 is 0 Å². The molecule has 0 rings (SSSR count). The van der Waals surface area contributed by atoms with Crippen LogP contribution in [-0.4, -0.2) is 5.97 Å². The molecule has 0 unspecified atom stereocenters. The second kappa shape index (κ2) is 16.3. The highest BCUT2D eigenvalue weighted by Gasteiger charge is 1.79. The van der Waals surface area contributed by atoms with Crippen molar-refractivity contribution in [2.75, 3.05) is 0 Å². The number of carbonyl (C=O) groups excluding carboxylic acids is 1. The molecule has 2 heteroatoms. The Labute approximate surface area is 75.2 Å². The van der Waals surface area contributed by atoms with Gasteiger partial charge in [-0.05, 0) is 13.8 Å². The van der Waals surface area contributed by atoms with Gasteiger partial charge in [0.15, 0.2) is 0 Å². The fourth-order valence-electron chi connectivity index (χ4n) is 0.117. The fraction of sp³-hybridized carbons (Fsp3) is 0.300. The Hall–Kier alpha value is -1.31.